The number of carbonyl (C=O) groups is 2. The van der Waals surface area contributed by atoms with Crippen molar-refractivity contribution in [3.05, 3.63) is 83.3 Å². The highest BCUT2D eigenvalue weighted by molar-refractivity contribution is 5.99. The van der Waals surface area contributed by atoms with Crippen LogP contribution in [0.1, 0.15) is 35.5 Å². The van der Waals surface area contributed by atoms with Crippen LogP contribution in [0.3, 0.4) is 0 Å². The number of carbonyl (C=O) groups excluding carboxylic acids is 1. The zero-order valence-corrected chi connectivity index (χ0v) is 17.4. The van der Waals surface area contributed by atoms with E-state index in [0.29, 0.717) is 23.0 Å². The lowest BCUT2D eigenvalue weighted by Gasteiger charge is -2.12. The van der Waals surface area contributed by atoms with Crippen LogP contribution in [0.15, 0.2) is 60.7 Å². The highest BCUT2D eigenvalue weighted by atomic mass is 19.1. The summed E-state index contributed by atoms with van der Waals surface area (Å²) in [6, 6.07) is 18.1. The normalized spacial score (nSPS) is 11.4. The second-order valence-corrected chi connectivity index (χ2v) is 7.89. The van der Waals surface area contributed by atoms with Crippen LogP contribution in [0, 0.1) is 11.7 Å². The minimum absolute atomic E-state index is 0.0150. The van der Waals surface area contributed by atoms with Gasteiger partial charge in [0, 0.05) is 35.5 Å². The number of rotatable bonds is 6. The Kier molecular flexibility index (Phi) is 5.46. The number of fused-ring (bicyclic) bond motifs is 2. The van der Waals surface area contributed by atoms with Gasteiger partial charge in [0.1, 0.15) is 11.5 Å². The van der Waals surface area contributed by atoms with Gasteiger partial charge in [0.05, 0.1) is 0 Å². The third kappa shape index (κ3) is 3.89. The third-order valence-electron chi connectivity index (χ3n) is 5.51. The molecular weight excluding hydrogens is 395 g/mol. The van der Waals surface area contributed by atoms with Gasteiger partial charge < -0.3 is 15.0 Å². The van der Waals surface area contributed by atoms with Crippen molar-refractivity contribution >= 4 is 33.6 Å². The molecule has 31 heavy (non-hydrogen) atoms. The van der Waals surface area contributed by atoms with Gasteiger partial charge in [-0.1, -0.05) is 56.3 Å². The first-order valence-electron chi connectivity index (χ1n) is 10.1. The molecule has 5 nitrogen and oxygen atoms in total. The Bertz CT molecular complexity index is 1300. The Morgan fingerprint density at radius 2 is 1.77 bits per heavy atom. The number of hydrogen-bond donors (Lipinski definition) is 2. The summed E-state index contributed by atoms with van der Waals surface area (Å²) in [4.78, 5) is 24.4. The highest BCUT2D eigenvalue weighted by Crippen LogP contribution is 2.30. The SMILES string of the molecule is CC(C)C(=O)NCc1c(C(=O)O)n(Cc2cccc3ccccc23)c2ccc(F)cc12. The smallest absolute Gasteiger partial charge is 0.352 e. The molecule has 0 unspecified atom stereocenters. The van der Waals surface area contributed by atoms with E-state index in [1.807, 2.05) is 42.5 Å². The van der Waals surface area contributed by atoms with Crippen LogP contribution >= 0.6 is 0 Å². The molecular formula is C25H23FN2O3. The molecule has 0 aliphatic rings. The van der Waals surface area contributed by atoms with Gasteiger partial charge in [-0.2, -0.15) is 0 Å². The fourth-order valence-electron chi connectivity index (χ4n) is 3.96. The second kappa shape index (κ2) is 8.22. The molecule has 0 radical (unpaired) electrons. The molecule has 0 saturated heterocycles. The molecule has 4 aromatic rings. The van der Waals surface area contributed by atoms with Crippen molar-refractivity contribution in [2.45, 2.75) is 26.9 Å². The zero-order chi connectivity index (χ0) is 22.1. The Morgan fingerprint density at radius 1 is 1.03 bits per heavy atom. The summed E-state index contributed by atoms with van der Waals surface area (Å²) in [6.07, 6.45) is 0. The van der Waals surface area contributed by atoms with Gasteiger partial charge in [0.25, 0.3) is 0 Å². The lowest BCUT2D eigenvalue weighted by molar-refractivity contribution is -0.124. The first-order chi connectivity index (χ1) is 14.9. The lowest BCUT2D eigenvalue weighted by Crippen LogP contribution is -2.28. The molecule has 2 N–H and O–H groups in total. The summed E-state index contributed by atoms with van der Waals surface area (Å²) in [5, 5.41) is 15.4. The maximum Gasteiger partial charge on any atom is 0.352 e. The third-order valence-corrected chi connectivity index (χ3v) is 5.51. The van der Waals surface area contributed by atoms with E-state index in [-0.39, 0.29) is 24.1 Å². The fourth-order valence-corrected chi connectivity index (χ4v) is 3.96. The van der Waals surface area contributed by atoms with E-state index in [0.717, 1.165) is 16.3 Å². The molecule has 1 aromatic heterocycles. The zero-order valence-electron chi connectivity index (χ0n) is 17.4. The van der Waals surface area contributed by atoms with Crippen molar-refractivity contribution in [1.29, 1.82) is 0 Å². The molecule has 0 saturated carbocycles. The van der Waals surface area contributed by atoms with Crippen molar-refractivity contribution in [2.24, 2.45) is 5.92 Å². The Hall–Kier alpha value is -3.67. The van der Waals surface area contributed by atoms with Crippen LogP contribution in [0.4, 0.5) is 4.39 Å². The standard InChI is InChI=1S/C25H23FN2O3/c1-15(2)24(29)27-13-21-20-12-18(26)10-11-22(20)28(23(21)25(30)31)14-17-8-5-7-16-6-3-4-9-19(16)17/h3-12,15H,13-14H2,1-2H3,(H,27,29)(H,30,31). The van der Waals surface area contributed by atoms with E-state index in [1.165, 1.54) is 12.1 Å². The molecule has 158 valence electrons. The molecule has 1 heterocycles. The molecule has 3 aromatic carbocycles. The maximum absolute atomic E-state index is 14.1. The van der Waals surface area contributed by atoms with Crippen molar-refractivity contribution < 1.29 is 19.1 Å². The number of hydrogen-bond acceptors (Lipinski definition) is 2. The number of aromatic carboxylic acids is 1. The Morgan fingerprint density at radius 3 is 2.52 bits per heavy atom. The van der Waals surface area contributed by atoms with Crippen LogP contribution in [0.25, 0.3) is 21.7 Å². The van der Waals surface area contributed by atoms with Gasteiger partial charge in [0.2, 0.25) is 5.91 Å². The van der Waals surface area contributed by atoms with Crippen LogP contribution in [0.2, 0.25) is 0 Å². The number of nitrogens with one attached hydrogen (secondary N) is 1. The summed E-state index contributed by atoms with van der Waals surface area (Å²) in [5.74, 6) is -2.01. The van der Waals surface area contributed by atoms with Gasteiger partial charge in [-0.15, -0.1) is 0 Å². The summed E-state index contributed by atoms with van der Waals surface area (Å²) < 4.78 is 15.8. The van der Waals surface area contributed by atoms with Crippen LogP contribution in [-0.4, -0.2) is 21.6 Å². The highest BCUT2D eigenvalue weighted by Gasteiger charge is 2.24. The predicted molar refractivity (Wildman–Crippen MR) is 119 cm³/mol. The van der Waals surface area contributed by atoms with E-state index < -0.39 is 11.8 Å². The summed E-state index contributed by atoms with van der Waals surface area (Å²) in [7, 11) is 0. The van der Waals surface area contributed by atoms with E-state index in [1.54, 1.807) is 24.5 Å². The molecule has 6 heteroatoms. The summed E-state index contributed by atoms with van der Waals surface area (Å²) >= 11 is 0. The largest absolute Gasteiger partial charge is 0.477 e. The number of carboxylic acids is 1. The van der Waals surface area contributed by atoms with Crippen molar-refractivity contribution in [2.75, 3.05) is 0 Å². The number of carboxylic acid groups (broad SMARTS) is 1. The molecule has 0 atom stereocenters. The van der Waals surface area contributed by atoms with Crippen LogP contribution in [-0.2, 0) is 17.9 Å². The molecule has 0 spiro atoms. The quantitative estimate of drug-likeness (QED) is 0.465. The van der Waals surface area contributed by atoms with E-state index >= 15 is 0 Å². The minimum atomic E-state index is -1.12. The number of aromatic nitrogens is 1. The number of amides is 1. The first kappa shape index (κ1) is 20.6. The molecule has 4 rings (SSSR count). The lowest BCUT2D eigenvalue weighted by atomic mass is 10.0. The molecule has 0 aliphatic carbocycles. The fraction of sp³-hybridized carbons (Fsp3) is 0.200. The number of halogens is 1. The minimum Gasteiger partial charge on any atom is -0.477 e. The van der Waals surface area contributed by atoms with Crippen molar-refractivity contribution in [3.8, 4) is 0 Å². The monoisotopic (exact) mass is 418 g/mol. The van der Waals surface area contributed by atoms with Crippen molar-refractivity contribution in [3.63, 3.8) is 0 Å². The predicted octanol–water partition coefficient (Wildman–Crippen LogP) is 4.95. The summed E-state index contributed by atoms with van der Waals surface area (Å²) in [6.45, 7) is 3.85. The van der Waals surface area contributed by atoms with Crippen LogP contribution in [0.5, 0.6) is 0 Å². The molecule has 1 amide bonds. The van der Waals surface area contributed by atoms with Crippen LogP contribution < -0.4 is 5.32 Å². The number of nitrogens with zero attached hydrogens (tertiary/aromatic N) is 1. The molecule has 0 bridgehead atoms. The molecule has 0 aliphatic heterocycles. The molecule has 0 fully saturated rings. The van der Waals surface area contributed by atoms with E-state index in [9.17, 15) is 19.1 Å². The summed E-state index contributed by atoms with van der Waals surface area (Å²) in [5.41, 5.74) is 2.02. The first-order valence-corrected chi connectivity index (χ1v) is 10.1. The van der Waals surface area contributed by atoms with E-state index in [4.69, 9.17) is 0 Å². The van der Waals surface area contributed by atoms with Gasteiger partial charge in [0.15, 0.2) is 0 Å². The maximum atomic E-state index is 14.1. The van der Waals surface area contributed by atoms with Crippen molar-refractivity contribution in [1.82, 2.24) is 9.88 Å². The van der Waals surface area contributed by atoms with Gasteiger partial charge in [-0.3, -0.25) is 4.79 Å². The Balaban J connectivity index is 1.89. The van der Waals surface area contributed by atoms with Gasteiger partial charge in [-0.05, 0) is 34.5 Å². The second-order valence-electron chi connectivity index (χ2n) is 7.89. The topological polar surface area (TPSA) is 71.3 Å². The number of benzene rings is 3. The van der Waals surface area contributed by atoms with Gasteiger partial charge >= 0.3 is 5.97 Å². The Labute approximate surface area is 179 Å². The average molecular weight is 418 g/mol. The van der Waals surface area contributed by atoms with E-state index in [2.05, 4.69) is 5.32 Å². The average Bonchev–Trinajstić information content (AvgIpc) is 3.04. The van der Waals surface area contributed by atoms with Gasteiger partial charge in [-0.25, -0.2) is 9.18 Å².